The quantitative estimate of drug-likeness (QED) is 0.164. The topological polar surface area (TPSA) is 102 Å². The number of aliphatic hydroxyl groups is 1. The molecule has 0 aromatic heterocycles. The maximum atomic E-state index is 12.6. The summed E-state index contributed by atoms with van der Waals surface area (Å²) < 4.78 is 10.6. The molecule has 0 bridgehead atoms. The van der Waals surface area contributed by atoms with Crippen LogP contribution in [0, 0.1) is 0 Å². The number of hydrogen-bond acceptors (Lipinski definition) is 6. The maximum Gasteiger partial charge on any atom is 0.408 e. The molecule has 1 aliphatic rings. The summed E-state index contributed by atoms with van der Waals surface area (Å²) in [7, 11) is 0. The number of alkyl carbamates (subject to hydrolysis) is 1. The zero-order valence-corrected chi connectivity index (χ0v) is 20.1. The first-order valence-electron chi connectivity index (χ1n) is 11.6. The van der Waals surface area contributed by atoms with Crippen molar-refractivity contribution in [1.29, 1.82) is 0 Å². The van der Waals surface area contributed by atoms with Crippen LogP contribution in [0.2, 0.25) is 0 Å². The van der Waals surface area contributed by atoms with E-state index in [-0.39, 0.29) is 18.1 Å². The molecule has 3 aromatic carbocycles. The molecule has 1 amide bonds. The van der Waals surface area contributed by atoms with E-state index < -0.39 is 24.2 Å². The third kappa shape index (κ3) is 5.70. The fraction of sp³-hybridized carbons (Fsp3) is 0.207. The lowest BCUT2D eigenvalue weighted by Crippen LogP contribution is -2.48. The molecular formula is C29H27NO6. The largest absolute Gasteiger partial charge is 0.445 e. The molecule has 0 saturated heterocycles. The molecule has 0 radical (unpaired) electrons. The Balaban J connectivity index is 1.36. The zero-order valence-electron chi connectivity index (χ0n) is 20.1. The molecule has 4 rings (SSSR count). The van der Waals surface area contributed by atoms with E-state index in [4.69, 9.17) is 9.47 Å². The van der Waals surface area contributed by atoms with Gasteiger partial charge in [0.05, 0.1) is 6.10 Å². The number of carbonyl (C=O) groups is 3. The molecule has 0 spiro atoms. The van der Waals surface area contributed by atoms with Crippen LogP contribution in [-0.2, 0) is 27.3 Å². The number of allylic oxidation sites excluding steroid dienone is 2. The summed E-state index contributed by atoms with van der Waals surface area (Å²) in [5.41, 5.74) is 5.91. The molecule has 2 atom stereocenters. The van der Waals surface area contributed by atoms with Gasteiger partial charge in [0.1, 0.15) is 12.4 Å². The van der Waals surface area contributed by atoms with Gasteiger partial charge in [0.25, 0.3) is 0 Å². The number of ketones is 1. The van der Waals surface area contributed by atoms with Crippen LogP contribution in [0.1, 0.15) is 40.9 Å². The molecule has 2 N–H and O–H groups in total. The highest BCUT2D eigenvalue weighted by Gasteiger charge is 2.29. The van der Waals surface area contributed by atoms with Crippen LogP contribution in [-0.4, -0.2) is 35.1 Å². The molecule has 7 nitrogen and oxygen atoms in total. The van der Waals surface area contributed by atoms with E-state index in [0.717, 1.165) is 23.1 Å². The second kappa shape index (κ2) is 11.0. The maximum absolute atomic E-state index is 12.6. The van der Waals surface area contributed by atoms with Crippen molar-refractivity contribution in [2.45, 2.75) is 39.0 Å². The summed E-state index contributed by atoms with van der Waals surface area (Å²) in [6.45, 7) is 2.81. The molecular weight excluding hydrogens is 458 g/mol. The first kappa shape index (κ1) is 24.9. The number of hydrogen-bond donors (Lipinski definition) is 2. The molecule has 184 valence electrons. The van der Waals surface area contributed by atoms with E-state index in [9.17, 15) is 19.5 Å². The van der Waals surface area contributed by atoms with Gasteiger partial charge >= 0.3 is 12.1 Å². The number of aliphatic hydroxyl groups excluding tert-OH is 1. The van der Waals surface area contributed by atoms with Crippen molar-refractivity contribution in [3.05, 3.63) is 107 Å². The fourth-order valence-electron chi connectivity index (χ4n) is 4.17. The number of fused-ring (bicyclic) bond motifs is 3. The van der Waals surface area contributed by atoms with Crippen LogP contribution < -0.4 is 5.32 Å². The van der Waals surface area contributed by atoms with Gasteiger partial charge in [-0.05, 0) is 48.1 Å². The summed E-state index contributed by atoms with van der Waals surface area (Å²) >= 11 is 0. The molecule has 1 aliphatic carbocycles. The van der Waals surface area contributed by atoms with E-state index >= 15 is 0 Å². The van der Waals surface area contributed by atoms with E-state index in [2.05, 4.69) is 17.4 Å². The van der Waals surface area contributed by atoms with Gasteiger partial charge < -0.3 is 19.9 Å². The highest BCUT2D eigenvalue weighted by Crippen LogP contribution is 2.38. The molecule has 3 aromatic rings. The third-order valence-electron chi connectivity index (χ3n) is 5.97. The Bertz CT molecular complexity index is 1310. The van der Waals surface area contributed by atoms with Crippen molar-refractivity contribution in [2.24, 2.45) is 0 Å². The molecule has 0 unspecified atom stereocenters. The molecule has 0 saturated carbocycles. The summed E-state index contributed by atoms with van der Waals surface area (Å²) in [4.78, 5) is 37.4. The average Bonchev–Trinajstić information content (AvgIpc) is 3.25. The third-order valence-corrected chi connectivity index (χ3v) is 5.97. The van der Waals surface area contributed by atoms with E-state index in [1.165, 1.54) is 31.1 Å². The molecule has 0 aliphatic heterocycles. The van der Waals surface area contributed by atoms with E-state index in [0.29, 0.717) is 5.56 Å². The van der Waals surface area contributed by atoms with E-state index in [1.807, 2.05) is 30.3 Å². The summed E-state index contributed by atoms with van der Waals surface area (Å²) in [5, 5.41) is 12.4. The predicted octanol–water partition coefficient (Wildman–Crippen LogP) is 4.56. The highest BCUT2D eigenvalue weighted by molar-refractivity contribution is 6.04. The number of rotatable bonds is 8. The van der Waals surface area contributed by atoms with Crippen LogP contribution in [0.15, 0.2) is 84.6 Å². The van der Waals surface area contributed by atoms with Gasteiger partial charge in [-0.1, -0.05) is 72.8 Å². The SMILES string of the molecule is CC(=CC(=O)c1ccccc1)OC(=O)[C@@H](NC(=O)OCc1cccc2c1Cc1ccccc1-2)[C@@H](C)O. The number of esters is 1. The number of amides is 1. The minimum Gasteiger partial charge on any atom is -0.445 e. The summed E-state index contributed by atoms with van der Waals surface area (Å²) in [5.74, 6) is -1.21. The minimum absolute atomic E-state index is 0.00901. The number of ether oxygens (including phenoxy) is 2. The number of benzene rings is 3. The van der Waals surface area contributed by atoms with Gasteiger partial charge in [0, 0.05) is 11.6 Å². The Morgan fingerprint density at radius 1 is 0.972 bits per heavy atom. The smallest absolute Gasteiger partial charge is 0.408 e. The summed E-state index contributed by atoms with van der Waals surface area (Å²) in [6.07, 6.45) is -0.188. The zero-order chi connectivity index (χ0) is 25.7. The first-order chi connectivity index (χ1) is 17.3. The predicted molar refractivity (Wildman–Crippen MR) is 134 cm³/mol. The van der Waals surface area contributed by atoms with Gasteiger partial charge in [0.15, 0.2) is 11.8 Å². The van der Waals surface area contributed by atoms with Crippen molar-refractivity contribution in [3.8, 4) is 11.1 Å². The minimum atomic E-state index is -1.38. The van der Waals surface area contributed by atoms with Crippen LogP contribution in [0.5, 0.6) is 0 Å². The van der Waals surface area contributed by atoms with Crippen molar-refractivity contribution in [1.82, 2.24) is 5.32 Å². The molecule has 0 fully saturated rings. The van der Waals surface area contributed by atoms with Crippen LogP contribution in [0.4, 0.5) is 4.79 Å². The monoisotopic (exact) mass is 485 g/mol. The van der Waals surface area contributed by atoms with Crippen molar-refractivity contribution in [2.75, 3.05) is 0 Å². The number of nitrogens with one attached hydrogen (secondary N) is 1. The first-order valence-corrected chi connectivity index (χ1v) is 11.6. The lowest BCUT2D eigenvalue weighted by atomic mass is 10.0. The van der Waals surface area contributed by atoms with Gasteiger partial charge in [-0.25, -0.2) is 9.59 Å². The second-order valence-corrected chi connectivity index (χ2v) is 8.62. The van der Waals surface area contributed by atoms with E-state index in [1.54, 1.807) is 30.3 Å². The normalized spacial score (nSPS) is 13.7. The second-order valence-electron chi connectivity index (χ2n) is 8.62. The molecule has 0 heterocycles. The Hall–Kier alpha value is -4.23. The Kier molecular flexibility index (Phi) is 7.61. The van der Waals surface area contributed by atoms with Gasteiger partial charge in [-0.15, -0.1) is 0 Å². The lowest BCUT2D eigenvalue weighted by molar-refractivity contribution is -0.144. The lowest BCUT2D eigenvalue weighted by Gasteiger charge is -2.20. The Morgan fingerprint density at radius 3 is 2.42 bits per heavy atom. The average molecular weight is 486 g/mol. The highest BCUT2D eigenvalue weighted by atomic mass is 16.6. The molecule has 36 heavy (non-hydrogen) atoms. The van der Waals surface area contributed by atoms with Crippen LogP contribution in [0.25, 0.3) is 11.1 Å². The van der Waals surface area contributed by atoms with Crippen molar-refractivity contribution >= 4 is 17.8 Å². The summed E-state index contributed by atoms with van der Waals surface area (Å²) in [6, 6.07) is 21.2. The Morgan fingerprint density at radius 2 is 1.67 bits per heavy atom. The fourth-order valence-corrected chi connectivity index (χ4v) is 4.17. The van der Waals surface area contributed by atoms with Gasteiger partial charge in [-0.2, -0.15) is 0 Å². The Labute approximate surface area is 209 Å². The number of carbonyl (C=O) groups excluding carboxylic acids is 3. The van der Waals surface area contributed by atoms with Crippen LogP contribution in [0.3, 0.4) is 0 Å². The van der Waals surface area contributed by atoms with Gasteiger partial charge in [0.2, 0.25) is 0 Å². The van der Waals surface area contributed by atoms with Crippen molar-refractivity contribution in [3.63, 3.8) is 0 Å². The standard InChI is InChI=1S/C29H27NO6/c1-18(15-26(32)20-9-4-3-5-10-20)36-28(33)27(19(2)31)30-29(34)35-17-22-12-8-14-24-23-13-7-6-11-21(23)16-25(22)24/h3-15,19,27,31H,16-17H2,1-2H3,(H,30,34)/t19-,27+/m1/s1. The van der Waals surface area contributed by atoms with Crippen LogP contribution >= 0.6 is 0 Å². The van der Waals surface area contributed by atoms with Crippen molar-refractivity contribution < 1.29 is 29.0 Å². The molecule has 7 heteroatoms. The van der Waals surface area contributed by atoms with Gasteiger partial charge in [-0.3, -0.25) is 4.79 Å².